The molecule has 0 bridgehead atoms. The molecule has 0 saturated heterocycles. The first kappa shape index (κ1) is 18.9. The number of pyridine rings is 1. The molecule has 26 heavy (non-hydrogen) atoms. The summed E-state index contributed by atoms with van der Waals surface area (Å²) >= 11 is 10.9. The van der Waals surface area contributed by atoms with Gasteiger partial charge in [0.2, 0.25) is 5.91 Å². The van der Waals surface area contributed by atoms with Crippen LogP contribution < -0.4 is 5.32 Å². The van der Waals surface area contributed by atoms with Crippen LogP contribution in [-0.4, -0.2) is 31.4 Å². The highest BCUT2D eigenvalue weighted by Crippen LogP contribution is 2.29. The van der Waals surface area contributed by atoms with Crippen molar-refractivity contribution in [1.29, 1.82) is 0 Å². The molecule has 0 saturated carbocycles. The summed E-state index contributed by atoms with van der Waals surface area (Å²) < 4.78 is 2.80. The zero-order valence-corrected chi connectivity index (χ0v) is 17.0. The van der Waals surface area contributed by atoms with Gasteiger partial charge in [0.05, 0.1) is 10.8 Å². The predicted molar refractivity (Wildman–Crippen MR) is 107 cm³/mol. The molecule has 3 rings (SSSR count). The van der Waals surface area contributed by atoms with E-state index in [2.05, 4.69) is 36.4 Å². The Kier molecular flexibility index (Phi) is 6.29. The molecule has 0 aliphatic carbocycles. The summed E-state index contributed by atoms with van der Waals surface area (Å²) in [5.41, 5.74) is 0.818. The number of hydrogen-bond donors (Lipinski definition) is 1. The number of benzene rings is 1. The van der Waals surface area contributed by atoms with E-state index in [0.717, 1.165) is 10.0 Å². The Balaban J connectivity index is 1.69. The van der Waals surface area contributed by atoms with Gasteiger partial charge in [-0.25, -0.2) is 4.98 Å². The van der Waals surface area contributed by atoms with Crippen LogP contribution in [0.4, 0.5) is 5.82 Å². The number of rotatable bonds is 6. The molecule has 0 radical (unpaired) electrons. The van der Waals surface area contributed by atoms with Crippen molar-refractivity contribution >= 4 is 51.0 Å². The molecular weight excluding hydrogens is 438 g/mol. The number of hydrogen-bond acceptors (Lipinski definition) is 5. The number of carbonyl (C=O) groups excluding carboxylic acids is 1. The minimum absolute atomic E-state index is 0.158. The first-order valence-electron chi connectivity index (χ1n) is 7.80. The van der Waals surface area contributed by atoms with Crippen molar-refractivity contribution in [2.24, 2.45) is 0 Å². The third-order valence-corrected chi connectivity index (χ3v) is 5.24. The Morgan fingerprint density at radius 2 is 2.08 bits per heavy atom. The monoisotopic (exact) mass is 451 g/mol. The van der Waals surface area contributed by atoms with E-state index < -0.39 is 0 Å². The summed E-state index contributed by atoms with van der Waals surface area (Å²) in [7, 11) is 0. The summed E-state index contributed by atoms with van der Waals surface area (Å²) in [4.78, 5) is 16.3. The van der Waals surface area contributed by atoms with Crippen LogP contribution in [0.3, 0.4) is 0 Å². The molecule has 0 fully saturated rings. The number of nitrogens with zero attached hydrogens (tertiary/aromatic N) is 4. The fraction of sp³-hybridized carbons (Fsp3) is 0.176. The van der Waals surface area contributed by atoms with Gasteiger partial charge in [-0.05, 0) is 47.1 Å². The lowest BCUT2D eigenvalue weighted by Crippen LogP contribution is -2.15. The van der Waals surface area contributed by atoms with E-state index in [4.69, 9.17) is 11.6 Å². The lowest BCUT2D eigenvalue weighted by molar-refractivity contribution is -0.113. The fourth-order valence-corrected chi connectivity index (χ4v) is 3.54. The van der Waals surface area contributed by atoms with Crippen molar-refractivity contribution in [1.82, 2.24) is 19.7 Å². The maximum Gasteiger partial charge on any atom is 0.236 e. The lowest BCUT2D eigenvalue weighted by atomic mass is 10.2. The number of nitrogens with one attached hydrogen (secondary N) is 1. The van der Waals surface area contributed by atoms with Gasteiger partial charge in [0.1, 0.15) is 5.82 Å². The number of thioether (sulfide) groups is 1. The highest BCUT2D eigenvalue weighted by Gasteiger charge is 2.16. The quantitative estimate of drug-likeness (QED) is 0.557. The fourth-order valence-electron chi connectivity index (χ4n) is 2.28. The van der Waals surface area contributed by atoms with Crippen molar-refractivity contribution in [2.75, 3.05) is 11.1 Å². The molecule has 2 heterocycles. The minimum atomic E-state index is -0.158. The highest BCUT2D eigenvalue weighted by molar-refractivity contribution is 9.10. The Bertz CT molecular complexity index is 916. The Morgan fingerprint density at radius 1 is 1.27 bits per heavy atom. The molecule has 1 aromatic carbocycles. The molecule has 0 spiro atoms. The van der Waals surface area contributed by atoms with Gasteiger partial charge in [-0.15, -0.1) is 10.2 Å². The molecule has 0 unspecified atom stereocenters. The first-order valence-corrected chi connectivity index (χ1v) is 9.96. The van der Waals surface area contributed by atoms with Crippen LogP contribution in [0.1, 0.15) is 6.92 Å². The van der Waals surface area contributed by atoms with Crippen molar-refractivity contribution in [3.8, 4) is 11.4 Å². The van der Waals surface area contributed by atoms with Gasteiger partial charge in [-0.1, -0.05) is 35.5 Å². The second-order valence-electron chi connectivity index (χ2n) is 5.23. The van der Waals surface area contributed by atoms with Crippen LogP contribution in [0.15, 0.2) is 52.2 Å². The van der Waals surface area contributed by atoms with Gasteiger partial charge in [0.25, 0.3) is 0 Å². The standard InChI is InChI=1S/C17H15BrClN5OS/c1-2-24-16(12-5-3-4-6-13(12)19)22-23-17(24)26-10-15(25)21-14-8-7-11(18)9-20-14/h3-9H,2,10H2,1H3,(H,20,21,25). The smallest absolute Gasteiger partial charge is 0.236 e. The predicted octanol–water partition coefficient (Wildman–Crippen LogP) is 4.51. The summed E-state index contributed by atoms with van der Waals surface area (Å²) in [6.45, 7) is 2.67. The average Bonchev–Trinajstić information content (AvgIpc) is 3.05. The van der Waals surface area contributed by atoms with E-state index in [1.54, 1.807) is 12.3 Å². The zero-order valence-electron chi connectivity index (χ0n) is 13.8. The second-order valence-corrected chi connectivity index (χ2v) is 7.49. The molecule has 2 aromatic heterocycles. The van der Waals surface area contributed by atoms with E-state index in [0.29, 0.717) is 28.4 Å². The molecule has 1 amide bonds. The van der Waals surface area contributed by atoms with Crippen LogP contribution in [0.5, 0.6) is 0 Å². The average molecular weight is 453 g/mol. The van der Waals surface area contributed by atoms with Gasteiger partial charge < -0.3 is 9.88 Å². The first-order chi connectivity index (χ1) is 12.6. The summed E-state index contributed by atoms with van der Waals surface area (Å²) in [5, 5.41) is 12.5. The molecule has 134 valence electrons. The Labute approximate surface area is 168 Å². The van der Waals surface area contributed by atoms with Crippen LogP contribution in [-0.2, 0) is 11.3 Å². The Morgan fingerprint density at radius 3 is 2.77 bits per heavy atom. The second kappa shape index (κ2) is 8.66. The van der Waals surface area contributed by atoms with Crippen LogP contribution in [0, 0.1) is 0 Å². The third-order valence-electron chi connectivity index (χ3n) is 3.48. The summed E-state index contributed by atoms with van der Waals surface area (Å²) in [6.07, 6.45) is 1.63. The van der Waals surface area contributed by atoms with E-state index in [-0.39, 0.29) is 11.7 Å². The maximum absolute atomic E-state index is 12.1. The number of anilines is 1. The van der Waals surface area contributed by atoms with Gasteiger partial charge in [0.15, 0.2) is 11.0 Å². The maximum atomic E-state index is 12.1. The number of halogens is 2. The topological polar surface area (TPSA) is 72.7 Å². The largest absolute Gasteiger partial charge is 0.310 e. The van der Waals surface area contributed by atoms with Crippen molar-refractivity contribution in [3.63, 3.8) is 0 Å². The summed E-state index contributed by atoms with van der Waals surface area (Å²) in [6, 6.07) is 11.0. The molecule has 0 aliphatic heterocycles. The van der Waals surface area contributed by atoms with Crippen LogP contribution >= 0.6 is 39.3 Å². The zero-order chi connectivity index (χ0) is 18.5. The molecule has 3 aromatic rings. The SMILES string of the molecule is CCn1c(SCC(=O)Nc2ccc(Br)cn2)nnc1-c1ccccc1Cl. The molecule has 0 atom stereocenters. The van der Waals surface area contributed by atoms with Gasteiger partial charge in [0, 0.05) is 22.8 Å². The minimum Gasteiger partial charge on any atom is -0.310 e. The third kappa shape index (κ3) is 4.44. The van der Waals surface area contributed by atoms with Crippen molar-refractivity contribution in [2.45, 2.75) is 18.6 Å². The van der Waals surface area contributed by atoms with E-state index in [1.807, 2.05) is 41.8 Å². The molecule has 6 nitrogen and oxygen atoms in total. The van der Waals surface area contributed by atoms with Gasteiger partial charge >= 0.3 is 0 Å². The van der Waals surface area contributed by atoms with Crippen LogP contribution in [0.25, 0.3) is 11.4 Å². The van der Waals surface area contributed by atoms with Crippen molar-refractivity contribution in [3.05, 3.63) is 52.1 Å². The van der Waals surface area contributed by atoms with Crippen LogP contribution in [0.2, 0.25) is 5.02 Å². The number of aromatic nitrogens is 4. The number of amides is 1. The van der Waals surface area contributed by atoms with Crippen molar-refractivity contribution < 1.29 is 4.79 Å². The van der Waals surface area contributed by atoms with E-state index in [1.165, 1.54) is 11.8 Å². The lowest BCUT2D eigenvalue weighted by Gasteiger charge is -2.08. The van der Waals surface area contributed by atoms with Gasteiger partial charge in [-0.2, -0.15) is 0 Å². The molecule has 0 aliphatic rings. The van der Waals surface area contributed by atoms with E-state index in [9.17, 15) is 4.79 Å². The van der Waals surface area contributed by atoms with Gasteiger partial charge in [-0.3, -0.25) is 4.79 Å². The number of carbonyl (C=O) groups is 1. The molecular formula is C17H15BrClN5OS. The Hall–Kier alpha value is -1.90. The van der Waals surface area contributed by atoms with E-state index >= 15 is 0 Å². The normalized spacial score (nSPS) is 10.7. The highest BCUT2D eigenvalue weighted by atomic mass is 79.9. The molecule has 9 heteroatoms. The molecule has 1 N–H and O–H groups in total. The summed E-state index contributed by atoms with van der Waals surface area (Å²) in [5.74, 6) is 1.25.